The number of pyridine rings is 1. The molecular weight excluding hydrogens is 364 g/mol. The number of hydrogen-bond donors (Lipinski definition) is 1. The molecule has 29 heavy (non-hydrogen) atoms. The van der Waals surface area contributed by atoms with Gasteiger partial charge in [-0.3, -0.25) is 4.98 Å². The zero-order valence-electron chi connectivity index (χ0n) is 16.7. The van der Waals surface area contributed by atoms with Crippen molar-refractivity contribution in [1.29, 1.82) is 0 Å². The molecule has 1 N–H and O–H groups in total. The number of aromatic amines is 1. The number of aryl methyl sites for hydroxylation is 2. The van der Waals surface area contributed by atoms with Gasteiger partial charge in [-0.15, -0.1) is 5.10 Å². The van der Waals surface area contributed by atoms with Gasteiger partial charge in [0.05, 0.1) is 5.69 Å². The highest BCUT2D eigenvalue weighted by Crippen LogP contribution is 2.28. The molecule has 4 rings (SSSR count). The molecule has 8 nitrogen and oxygen atoms in total. The Hall–Kier alpha value is -3.42. The van der Waals surface area contributed by atoms with E-state index in [9.17, 15) is 0 Å². The van der Waals surface area contributed by atoms with Gasteiger partial charge < -0.3 is 0 Å². The van der Waals surface area contributed by atoms with Crippen LogP contribution in [0.1, 0.15) is 43.9 Å². The molecule has 8 heteroatoms. The molecule has 0 bridgehead atoms. The van der Waals surface area contributed by atoms with Crippen molar-refractivity contribution in [2.45, 2.75) is 46.1 Å². The summed E-state index contributed by atoms with van der Waals surface area (Å²) in [6.45, 7) is 5.18. The minimum Gasteiger partial charge on any atom is -0.256 e. The molecule has 0 radical (unpaired) electrons. The van der Waals surface area contributed by atoms with Gasteiger partial charge in [0.15, 0.2) is 11.6 Å². The van der Waals surface area contributed by atoms with Crippen molar-refractivity contribution in [2.75, 3.05) is 0 Å². The Kier molecular flexibility index (Phi) is 5.69. The van der Waals surface area contributed by atoms with Crippen LogP contribution in [0.15, 0.2) is 42.6 Å². The molecule has 4 aromatic rings. The Bertz CT molecular complexity index is 1050. The van der Waals surface area contributed by atoms with E-state index in [2.05, 4.69) is 45.6 Å². The van der Waals surface area contributed by atoms with E-state index >= 15 is 0 Å². The molecule has 0 saturated carbocycles. The highest BCUT2D eigenvalue weighted by molar-refractivity contribution is 5.78. The lowest BCUT2D eigenvalue weighted by atomic mass is 10.0. The number of unbranched alkanes of at least 4 members (excludes halogenated alkanes) is 1. The first-order valence-corrected chi connectivity index (χ1v) is 9.99. The van der Waals surface area contributed by atoms with Crippen molar-refractivity contribution in [3.05, 3.63) is 59.8 Å². The van der Waals surface area contributed by atoms with Crippen molar-refractivity contribution in [3.63, 3.8) is 0 Å². The lowest BCUT2D eigenvalue weighted by Crippen LogP contribution is -2.06. The van der Waals surface area contributed by atoms with Gasteiger partial charge in [0.2, 0.25) is 0 Å². The van der Waals surface area contributed by atoms with E-state index in [1.807, 2.05) is 41.2 Å². The zero-order valence-corrected chi connectivity index (χ0v) is 16.7. The first kappa shape index (κ1) is 18.9. The summed E-state index contributed by atoms with van der Waals surface area (Å²) >= 11 is 0. The highest BCUT2D eigenvalue weighted by Gasteiger charge is 2.13. The van der Waals surface area contributed by atoms with E-state index in [-0.39, 0.29) is 0 Å². The maximum atomic E-state index is 4.70. The second kappa shape index (κ2) is 8.72. The van der Waals surface area contributed by atoms with Gasteiger partial charge in [0.25, 0.3) is 0 Å². The molecule has 0 unspecified atom stereocenters. The fourth-order valence-corrected chi connectivity index (χ4v) is 3.25. The third-order valence-electron chi connectivity index (χ3n) is 4.82. The molecule has 3 heterocycles. The molecule has 0 aliphatic heterocycles. The van der Waals surface area contributed by atoms with E-state index in [0.717, 1.165) is 66.3 Å². The zero-order chi connectivity index (χ0) is 20.1. The third kappa shape index (κ3) is 4.21. The fourth-order valence-electron chi connectivity index (χ4n) is 3.25. The molecule has 0 amide bonds. The van der Waals surface area contributed by atoms with Crippen LogP contribution in [0.3, 0.4) is 0 Å². The molecule has 1 aromatic carbocycles. The van der Waals surface area contributed by atoms with E-state index < -0.39 is 0 Å². The number of aromatic nitrogens is 8. The fraction of sp³-hybridized carbons (Fsp3) is 0.333. The van der Waals surface area contributed by atoms with Crippen LogP contribution in [0.25, 0.3) is 22.6 Å². The van der Waals surface area contributed by atoms with Crippen LogP contribution in [0.4, 0.5) is 0 Å². The van der Waals surface area contributed by atoms with E-state index in [1.54, 1.807) is 0 Å². The third-order valence-corrected chi connectivity index (χ3v) is 4.82. The highest BCUT2D eigenvalue weighted by atomic mass is 15.5. The number of H-pyrrole nitrogens is 1. The Morgan fingerprint density at radius 3 is 2.59 bits per heavy atom. The van der Waals surface area contributed by atoms with Crippen LogP contribution >= 0.6 is 0 Å². The first-order chi connectivity index (χ1) is 14.3. The van der Waals surface area contributed by atoms with Crippen molar-refractivity contribution < 1.29 is 0 Å². The summed E-state index contributed by atoms with van der Waals surface area (Å²) in [6.07, 6.45) is 5.71. The maximum absolute atomic E-state index is 4.70. The Balaban J connectivity index is 1.58. The van der Waals surface area contributed by atoms with Crippen molar-refractivity contribution in [3.8, 4) is 22.6 Å². The summed E-state index contributed by atoms with van der Waals surface area (Å²) in [5.41, 5.74) is 3.89. The van der Waals surface area contributed by atoms with Gasteiger partial charge in [-0.25, -0.2) is 14.8 Å². The molecule has 0 aliphatic carbocycles. The van der Waals surface area contributed by atoms with Crippen LogP contribution in [0, 0.1) is 0 Å². The Labute approximate surface area is 169 Å². The monoisotopic (exact) mass is 388 g/mol. The maximum Gasteiger partial charge on any atom is 0.180 e. The van der Waals surface area contributed by atoms with Crippen molar-refractivity contribution >= 4 is 0 Å². The van der Waals surface area contributed by atoms with Crippen LogP contribution in [-0.2, 0) is 19.4 Å². The summed E-state index contributed by atoms with van der Waals surface area (Å²) in [4.78, 5) is 9.40. The number of nitrogens with one attached hydrogen (secondary N) is 1. The molecule has 0 saturated heterocycles. The Morgan fingerprint density at radius 1 is 1.03 bits per heavy atom. The summed E-state index contributed by atoms with van der Waals surface area (Å²) in [5, 5.41) is 18.8. The van der Waals surface area contributed by atoms with E-state index in [0.29, 0.717) is 5.82 Å². The molecule has 0 aliphatic rings. The number of tetrazole rings is 1. The minimum atomic E-state index is 0.627. The molecule has 0 spiro atoms. The molecule has 0 fully saturated rings. The van der Waals surface area contributed by atoms with Crippen LogP contribution in [-0.4, -0.2) is 40.4 Å². The Morgan fingerprint density at radius 2 is 1.90 bits per heavy atom. The number of nitrogens with zero attached hydrogens (tertiary/aromatic N) is 7. The van der Waals surface area contributed by atoms with Crippen LogP contribution < -0.4 is 0 Å². The van der Waals surface area contributed by atoms with Gasteiger partial charge in [0.1, 0.15) is 5.82 Å². The average molecular weight is 388 g/mol. The quantitative estimate of drug-likeness (QED) is 0.496. The van der Waals surface area contributed by atoms with Gasteiger partial charge in [0, 0.05) is 36.7 Å². The molecule has 3 aromatic heterocycles. The van der Waals surface area contributed by atoms with Crippen molar-refractivity contribution in [2.24, 2.45) is 0 Å². The lowest BCUT2D eigenvalue weighted by Gasteiger charge is -2.08. The van der Waals surface area contributed by atoms with Crippen LogP contribution in [0.2, 0.25) is 0 Å². The number of rotatable bonds is 8. The van der Waals surface area contributed by atoms with Gasteiger partial charge >= 0.3 is 0 Å². The van der Waals surface area contributed by atoms with Gasteiger partial charge in [-0.05, 0) is 28.5 Å². The smallest absolute Gasteiger partial charge is 0.180 e. The SMILES string of the molecule is CCCCn1nc(CC)nc1Cc1ccc(-c2ccccc2-c2nnn[nH]2)nc1. The van der Waals surface area contributed by atoms with Gasteiger partial charge in [-0.1, -0.05) is 50.6 Å². The normalized spacial score (nSPS) is 11.1. The van der Waals surface area contributed by atoms with E-state index in [1.165, 1.54) is 0 Å². The lowest BCUT2D eigenvalue weighted by molar-refractivity contribution is 0.546. The van der Waals surface area contributed by atoms with Gasteiger partial charge in [-0.2, -0.15) is 5.10 Å². The summed E-state index contributed by atoms with van der Waals surface area (Å²) < 4.78 is 2.04. The standard InChI is InChI=1S/C21H24N8/c1-3-5-12-29-20(23-19(4-2)26-29)13-15-10-11-18(22-14-15)16-8-6-7-9-17(16)21-24-27-28-25-21/h6-11,14H,3-5,12-13H2,1-2H3,(H,24,25,27,28). The predicted molar refractivity (Wildman–Crippen MR) is 110 cm³/mol. The van der Waals surface area contributed by atoms with Crippen LogP contribution in [0.5, 0.6) is 0 Å². The summed E-state index contributed by atoms with van der Waals surface area (Å²) in [7, 11) is 0. The minimum absolute atomic E-state index is 0.627. The first-order valence-electron chi connectivity index (χ1n) is 9.99. The topological polar surface area (TPSA) is 98.1 Å². The molecular formula is C21H24N8. The summed E-state index contributed by atoms with van der Waals surface area (Å²) in [5.74, 6) is 2.52. The predicted octanol–water partition coefficient (Wildman–Crippen LogP) is 3.47. The number of benzene rings is 1. The number of hydrogen-bond acceptors (Lipinski definition) is 6. The average Bonchev–Trinajstić information content (AvgIpc) is 3.43. The largest absolute Gasteiger partial charge is 0.256 e. The molecule has 148 valence electrons. The van der Waals surface area contributed by atoms with E-state index in [4.69, 9.17) is 9.97 Å². The molecule has 0 atom stereocenters. The second-order valence-electron chi connectivity index (χ2n) is 6.90. The summed E-state index contributed by atoms with van der Waals surface area (Å²) in [6, 6.07) is 12.1. The second-order valence-corrected chi connectivity index (χ2v) is 6.90. The van der Waals surface area contributed by atoms with Crippen molar-refractivity contribution in [1.82, 2.24) is 40.4 Å².